The van der Waals surface area contributed by atoms with Gasteiger partial charge in [-0.05, 0) is 55.5 Å². The Balaban J connectivity index is 1.21. The lowest BCUT2D eigenvalue weighted by atomic mass is 9.86. The molecule has 0 unspecified atom stereocenters. The normalized spacial score (nSPS) is 19.4. The topological polar surface area (TPSA) is 107 Å². The molecule has 1 aliphatic carbocycles. The number of imidazole rings is 1. The summed E-state index contributed by atoms with van der Waals surface area (Å²) in [5.41, 5.74) is 1.98. The summed E-state index contributed by atoms with van der Waals surface area (Å²) in [5, 5.41) is 3.02. The highest BCUT2D eigenvalue weighted by atomic mass is 19.3. The maximum atomic E-state index is 14.1. The van der Waals surface area contributed by atoms with Crippen LogP contribution in [0.3, 0.4) is 0 Å². The van der Waals surface area contributed by atoms with E-state index >= 15 is 0 Å². The number of fused-ring (bicyclic) bond motifs is 1. The van der Waals surface area contributed by atoms with Gasteiger partial charge < -0.3 is 19.7 Å². The minimum Gasteiger partial charge on any atom is -0.474 e. The number of rotatable bonds is 8. The van der Waals surface area contributed by atoms with E-state index in [4.69, 9.17) is 9.47 Å². The first-order valence-electron chi connectivity index (χ1n) is 13.9. The summed E-state index contributed by atoms with van der Waals surface area (Å²) in [6.07, 6.45) is 3.17. The molecule has 0 bridgehead atoms. The van der Waals surface area contributed by atoms with Crippen LogP contribution in [0.1, 0.15) is 43.5 Å². The van der Waals surface area contributed by atoms with E-state index in [-0.39, 0.29) is 29.6 Å². The molecule has 1 N–H and O–H groups in total. The number of morpholine rings is 1. The number of para-hydroxylation sites is 2. The van der Waals surface area contributed by atoms with Crippen molar-refractivity contribution < 1.29 is 23.0 Å². The van der Waals surface area contributed by atoms with Crippen molar-refractivity contribution in [1.82, 2.24) is 29.8 Å². The summed E-state index contributed by atoms with van der Waals surface area (Å²) in [7, 11) is 0. The summed E-state index contributed by atoms with van der Waals surface area (Å²) in [5.74, 6) is 0.521. The van der Waals surface area contributed by atoms with E-state index in [0.717, 1.165) is 5.56 Å². The number of carbonyl (C=O) groups is 1. The van der Waals surface area contributed by atoms with Crippen LogP contribution < -0.4 is 15.0 Å². The summed E-state index contributed by atoms with van der Waals surface area (Å²) in [6, 6.07) is 12.3. The molecule has 0 radical (unpaired) electrons. The Bertz CT molecular complexity index is 1490. The Hall–Kier alpha value is -4.19. The Morgan fingerprint density at radius 1 is 1.02 bits per heavy atom. The van der Waals surface area contributed by atoms with Crippen molar-refractivity contribution in [2.24, 2.45) is 5.92 Å². The van der Waals surface area contributed by atoms with Crippen molar-refractivity contribution in [2.45, 2.75) is 44.8 Å². The van der Waals surface area contributed by atoms with Crippen LogP contribution in [-0.2, 0) is 16.1 Å². The van der Waals surface area contributed by atoms with Gasteiger partial charge in [0.15, 0.2) is 5.82 Å². The number of anilines is 1. The zero-order chi connectivity index (χ0) is 28.2. The van der Waals surface area contributed by atoms with Gasteiger partial charge in [0, 0.05) is 44.0 Å². The Morgan fingerprint density at radius 2 is 1.78 bits per heavy atom. The maximum Gasteiger partial charge on any atom is 0.296 e. The van der Waals surface area contributed by atoms with E-state index in [9.17, 15) is 13.6 Å². The molecule has 214 valence electrons. The molecule has 1 saturated heterocycles. The Morgan fingerprint density at radius 3 is 2.54 bits per heavy atom. The van der Waals surface area contributed by atoms with Crippen molar-refractivity contribution in [3.63, 3.8) is 0 Å². The molecule has 1 aromatic carbocycles. The highest BCUT2D eigenvalue weighted by molar-refractivity contribution is 5.79. The number of hydrogen-bond donors (Lipinski definition) is 1. The van der Waals surface area contributed by atoms with Gasteiger partial charge in [0.05, 0.1) is 24.2 Å². The Kier molecular flexibility index (Phi) is 7.99. The zero-order valence-corrected chi connectivity index (χ0v) is 22.5. The van der Waals surface area contributed by atoms with E-state index in [0.29, 0.717) is 81.4 Å². The second kappa shape index (κ2) is 12.1. The standard InChI is InChI=1S/C29H31F2N7O3/c30-26(31)27-34-22-3-1-2-4-23(22)38(27)24-17-25(36-29(35-24)37-13-15-40-16-14-37)41-21-7-5-20(6-8-21)28(39)33-18-19-9-11-32-12-10-19/h1-4,9-12,17,20-21,26H,5-8,13-16,18H2,(H,33,39)/t20-,21-. The lowest BCUT2D eigenvalue weighted by molar-refractivity contribution is -0.126. The predicted molar refractivity (Wildman–Crippen MR) is 147 cm³/mol. The predicted octanol–water partition coefficient (Wildman–Crippen LogP) is 4.24. The quantitative estimate of drug-likeness (QED) is 0.339. The van der Waals surface area contributed by atoms with Gasteiger partial charge >= 0.3 is 0 Å². The van der Waals surface area contributed by atoms with Crippen LogP contribution in [0.15, 0.2) is 54.9 Å². The SMILES string of the molecule is O=C(NCc1ccncc1)[C@H]1CC[C@H](Oc2cc(-n3c(C(F)F)nc4ccccc43)nc(N3CCOCC3)n2)CC1. The van der Waals surface area contributed by atoms with Crippen molar-refractivity contribution in [2.75, 3.05) is 31.2 Å². The van der Waals surface area contributed by atoms with E-state index in [1.54, 1.807) is 42.7 Å². The highest BCUT2D eigenvalue weighted by Crippen LogP contribution is 2.32. The number of alkyl halides is 2. The van der Waals surface area contributed by atoms with Crippen molar-refractivity contribution in [3.8, 4) is 11.7 Å². The van der Waals surface area contributed by atoms with Gasteiger partial charge in [0.25, 0.3) is 6.43 Å². The third-order valence-corrected chi connectivity index (χ3v) is 7.53. The molecule has 1 aliphatic heterocycles. The molecule has 0 spiro atoms. The summed E-state index contributed by atoms with van der Waals surface area (Å²) in [4.78, 5) is 32.2. The van der Waals surface area contributed by atoms with Crippen LogP contribution in [0.2, 0.25) is 0 Å². The fourth-order valence-corrected chi connectivity index (χ4v) is 5.36. The molecule has 1 amide bonds. The van der Waals surface area contributed by atoms with Crippen LogP contribution in [0.25, 0.3) is 16.9 Å². The first-order chi connectivity index (χ1) is 20.0. The number of amides is 1. The lowest BCUT2D eigenvalue weighted by Gasteiger charge is -2.29. The fraction of sp³-hybridized carbons (Fsp3) is 0.414. The summed E-state index contributed by atoms with van der Waals surface area (Å²) >= 11 is 0. The second-order valence-electron chi connectivity index (χ2n) is 10.2. The molecule has 3 aromatic heterocycles. The number of carbonyl (C=O) groups excluding carboxylic acids is 1. The van der Waals surface area contributed by atoms with Crippen LogP contribution in [-0.4, -0.2) is 62.8 Å². The first-order valence-corrected chi connectivity index (χ1v) is 13.9. The van der Waals surface area contributed by atoms with Gasteiger partial charge in [0.2, 0.25) is 17.7 Å². The van der Waals surface area contributed by atoms with Crippen molar-refractivity contribution >= 4 is 22.9 Å². The van der Waals surface area contributed by atoms with Crippen LogP contribution in [0, 0.1) is 5.92 Å². The fourth-order valence-electron chi connectivity index (χ4n) is 5.36. The molecule has 2 fully saturated rings. The molecule has 2 aliphatic rings. The Labute approximate surface area is 235 Å². The number of benzene rings is 1. The van der Waals surface area contributed by atoms with E-state index in [2.05, 4.69) is 25.3 Å². The molecule has 12 heteroatoms. The largest absolute Gasteiger partial charge is 0.474 e. The van der Waals surface area contributed by atoms with Crippen molar-refractivity contribution in [3.05, 3.63) is 66.2 Å². The van der Waals surface area contributed by atoms with Crippen LogP contribution in [0.5, 0.6) is 5.88 Å². The molecule has 41 heavy (non-hydrogen) atoms. The monoisotopic (exact) mass is 563 g/mol. The summed E-state index contributed by atoms with van der Waals surface area (Å²) in [6.45, 7) is 2.67. The lowest BCUT2D eigenvalue weighted by Crippen LogP contribution is -2.37. The number of aromatic nitrogens is 5. The van der Waals surface area contributed by atoms with Gasteiger partial charge in [-0.1, -0.05) is 12.1 Å². The molecular weight excluding hydrogens is 532 g/mol. The average molecular weight is 564 g/mol. The minimum atomic E-state index is -2.80. The average Bonchev–Trinajstić information content (AvgIpc) is 3.41. The molecule has 4 aromatic rings. The third-order valence-electron chi connectivity index (χ3n) is 7.53. The first kappa shape index (κ1) is 27.0. The van der Waals surface area contributed by atoms with Gasteiger partial charge in [-0.3, -0.25) is 14.3 Å². The summed E-state index contributed by atoms with van der Waals surface area (Å²) < 4.78 is 41.4. The van der Waals surface area contributed by atoms with E-state index in [1.807, 2.05) is 17.0 Å². The number of nitrogens with one attached hydrogen (secondary N) is 1. The molecule has 4 heterocycles. The number of ether oxygens (including phenoxy) is 2. The smallest absolute Gasteiger partial charge is 0.296 e. The van der Waals surface area contributed by atoms with Gasteiger partial charge in [-0.15, -0.1) is 0 Å². The maximum absolute atomic E-state index is 14.1. The number of hydrogen-bond acceptors (Lipinski definition) is 8. The van der Waals surface area contributed by atoms with Gasteiger partial charge in [-0.2, -0.15) is 9.97 Å². The highest BCUT2D eigenvalue weighted by Gasteiger charge is 2.29. The third kappa shape index (κ3) is 6.12. The molecule has 6 rings (SSSR count). The minimum absolute atomic E-state index is 0.0331. The van der Waals surface area contributed by atoms with Gasteiger partial charge in [0.1, 0.15) is 11.9 Å². The number of halogens is 2. The van der Waals surface area contributed by atoms with E-state index in [1.165, 1.54) is 4.57 Å². The number of nitrogens with zero attached hydrogens (tertiary/aromatic N) is 6. The zero-order valence-electron chi connectivity index (χ0n) is 22.5. The number of pyridine rings is 1. The van der Waals surface area contributed by atoms with Crippen LogP contribution in [0.4, 0.5) is 14.7 Å². The second-order valence-corrected chi connectivity index (χ2v) is 10.2. The van der Waals surface area contributed by atoms with E-state index < -0.39 is 6.43 Å². The molecular formula is C29H31F2N7O3. The van der Waals surface area contributed by atoms with Gasteiger partial charge in [-0.25, -0.2) is 13.8 Å². The van der Waals surface area contributed by atoms with Crippen LogP contribution >= 0.6 is 0 Å². The molecule has 10 nitrogen and oxygen atoms in total. The van der Waals surface area contributed by atoms with Crippen molar-refractivity contribution in [1.29, 1.82) is 0 Å². The molecule has 0 atom stereocenters. The molecule has 1 saturated carbocycles.